The lowest BCUT2D eigenvalue weighted by Crippen LogP contribution is -2.08. The van der Waals surface area contributed by atoms with E-state index in [1.165, 1.54) is 19.2 Å². The van der Waals surface area contributed by atoms with Crippen molar-refractivity contribution in [3.63, 3.8) is 0 Å². The maximum atomic E-state index is 10.9. The number of nitro benzene ring substituents is 1. The molecule has 1 aromatic carbocycles. The molecule has 6 nitrogen and oxygen atoms in total. The zero-order valence-electron chi connectivity index (χ0n) is 9.31. The van der Waals surface area contributed by atoms with E-state index in [1.807, 2.05) is 0 Å². The molecule has 0 unspecified atom stereocenters. The summed E-state index contributed by atoms with van der Waals surface area (Å²) < 4.78 is 10.7. The molecule has 0 N–H and O–H groups in total. The Hall–Kier alpha value is -1.15. The van der Waals surface area contributed by atoms with Crippen LogP contribution in [0.25, 0.3) is 0 Å². The number of ether oxygens (including phenoxy) is 2. The van der Waals surface area contributed by atoms with E-state index in [-0.39, 0.29) is 24.7 Å². The lowest BCUT2D eigenvalue weighted by molar-refractivity contribution is -0.385. The Bertz CT molecular complexity index is 454. The molecule has 0 aliphatic carbocycles. The molecule has 1 aromatic rings. The Morgan fingerprint density at radius 1 is 1.39 bits per heavy atom. The summed E-state index contributed by atoms with van der Waals surface area (Å²) in [6, 6.07) is 2.66. The molecular weight excluding hydrogens is 374 g/mol. The van der Waals surface area contributed by atoms with Crippen molar-refractivity contribution in [3.8, 4) is 5.75 Å². The third kappa shape index (κ3) is 3.95. The number of halogens is 2. The second-order valence-corrected chi connectivity index (χ2v) is 4.88. The standard InChI is InChI=1S/C10H9Br2NO5/c1-17-9(14)2-3-18-10-7(11)4-6(13(15)16)5-8(10)12/h4-5H,2-3H2,1H3. The number of carbonyl (C=O) groups is 1. The first-order valence-electron chi connectivity index (χ1n) is 4.78. The predicted octanol–water partition coefficient (Wildman–Crippen LogP) is 3.06. The minimum Gasteiger partial charge on any atom is -0.491 e. The number of carbonyl (C=O) groups excluding carboxylic acids is 1. The lowest BCUT2D eigenvalue weighted by Gasteiger charge is -2.09. The molecule has 98 valence electrons. The van der Waals surface area contributed by atoms with Crippen molar-refractivity contribution in [1.29, 1.82) is 0 Å². The van der Waals surface area contributed by atoms with Gasteiger partial charge in [-0.15, -0.1) is 0 Å². The molecule has 0 spiro atoms. The molecule has 0 fully saturated rings. The van der Waals surface area contributed by atoms with Crippen molar-refractivity contribution < 1.29 is 19.2 Å². The quantitative estimate of drug-likeness (QED) is 0.444. The Kier molecular flexibility index (Phi) is 5.54. The van der Waals surface area contributed by atoms with Crippen LogP contribution in [0.4, 0.5) is 5.69 Å². The monoisotopic (exact) mass is 381 g/mol. The van der Waals surface area contributed by atoms with Gasteiger partial charge in [-0.05, 0) is 31.9 Å². The van der Waals surface area contributed by atoms with Crippen molar-refractivity contribution in [1.82, 2.24) is 0 Å². The van der Waals surface area contributed by atoms with Crippen molar-refractivity contribution in [2.24, 2.45) is 0 Å². The van der Waals surface area contributed by atoms with E-state index in [9.17, 15) is 14.9 Å². The Balaban J connectivity index is 2.78. The third-order valence-electron chi connectivity index (χ3n) is 1.97. The van der Waals surface area contributed by atoms with Gasteiger partial charge in [0.2, 0.25) is 0 Å². The maximum absolute atomic E-state index is 10.9. The highest BCUT2D eigenvalue weighted by Crippen LogP contribution is 2.37. The zero-order chi connectivity index (χ0) is 13.7. The average Bonchev–Trinajstić information content (AvgIpc) is 2.31. The van der Waals surface area contributed by atoms with Gasteiger partial charge in [0.15, 0.2) is 0 Å². The van der Waals surface area contributed by atoms with Gasteiger partial charge in [-0.3, -0.25) is 14.9 Å². The van der Waals surface area contributed by atoms with Crippen LogP contribution in [0.3, 0.4) is 0 Å². The van der Waals surface area contributed by atoms with Gasteiger partial charge in [-0.2, -0.15) is 0 Å². The first-order chi connectivity index (χ1) is 8.45. The Morgan fingerprint density at radius 2 is 1.94 bits per heavy atom. The largest absolute Gasteiger partial charge is 0.491 e. The second-order valence-electron chi connectivity index (χ2n) is 3.17. The van der Waals surface area contributed by atoms with E-state index in [4.69, 9.17) is 4.74 Å². The summed E-state index contributed by atoms with van der Waals surface area (Å²) >= 11 is 6.35. The first kappa shape index (κ1) is 14.9. The number of hydrogen-bond acceptors (Lipinski definition) is 5. The summed E-state index contributed by atoms with van der Waals surface area (Å²) in [6.45, 7) is 0.127. The summed E-state index contributed by atoms with van der Waals surface area (Å²) in [7, 11) is 1.29. The second kappa shape index (κ2) is 6.69. The van der Waals surface area contributed by atoms with E-state index in [0.29, 0.717) is 14.7 Å². The predicted molar refractivity (Wildman–Crippen MR) is 70.6 cm³/mol. The number of hydrogen-bond donors (Lipinski definition) is 0. The molecule has 0 atom stereocenters. The van der Waals surface area contributed by atoms with Crippen molar-refractivity contribution in [2.75, 3.05) is 13.7 Å². The molecule has 0 saturated heterocycles. The number of methoxy groups -OCH3 is 1. The molecular formula is C10H9Br2NO5. The molecule has 0 saturated carbocycles. The number of esters is 1. The molecule has 0 aliphatic rings. The van der Waals surface area contributed by atoms with Crippen LogP contribution in [0.2, 0.25) is 0 Å². The topological polar surface area (TPSA) is 78.7 Å². The van der Waals surface area contributed by atoms with Crippen LogP contribution in [-0.4, -0.2) is 24.6 Å². The van der Waals surface area contributed by atoms with Crippen LogP contribution in [0.15, 0.2) is 21.1 Å². The smallest absolute Gasteiger partial charge is 0.308 e. The lowest BCUT2D eigenvalue weighted by atomic mass is 10.3. The molecule has 0 radical (unpaired) electrons. The van der Waals surface area contributed by atoms with Gasteiger partial charge in [0.25, 0.3) is 5.69 Å². The molecule has 18 heavy (non-hydrogen) atoms. The molecule has 8 heteroatoms. The molecule has 1 rings (SSSR count). The van der Waals surface area contributed by atoms with Gasteiger partial charge >= 0.3 is 5.97 Å². The highest BCUT2D eigenvalue weighted by atomic mass is 79.9. The van der Waals surface area contributed by atoms with Crippen molar-refractivity contribution in [2.45, 2.75) is 6.42 Å². The fraction of sp³-hybridized carbons (Fsp3) is 0.300. The molecule has 0 bridgehead atoms. The molecule has 0 aliphatic heterocycles. The minimum atomic E-state index is -0.506. The number of nitro groups is 1. The van der Waals surface area contributed by atoms with E-state index >= 15 is 0 Å². The van der Waals surface area contributed by atoms with Gasteiger partial charge in [0.05, 0.1) is 34.0 Å². The third-order valence-corrected chi connectivity index (χ3v) is 3.15. The zero-order valence-corrected chi connectivity index (χ0v) is 12.5. The van der Waals surface area contributed by atoms with E-state index in [2.05, 4.69) is 36.6 Å². The van der Waals surface area contributed by atoms with E-state index in [1.54, 1.807) is 0 Å². The SMILES string of the molecule is COC(=O)CCOc1c(Br)cc([N+](=O)[O-])cc1Br. The molecule has 0 amide bonds. The van der Waals surface area contributed by atoms with Crippen LogP contribution >= 0.6 is 31.9 Å². The number of rotatable bonds is 5. The van der Waals surface area contributed by atoms with Gasteiger partial charge in [0, 0.05) is 12.1 Å². The fourth-order valence-corrected chi connectivity index (χ4v) is 2.52. The van der Waals surface area contributed by atoms with Crippen LogP contribution in [0.1, 0.15) is 6.42 Å². The molecule has 0 aromatic heterocycles. The van der Waals surface area contributed by atoms with Gasteiger partial charge in [-0.1, -0.05) is 0 Å². The van der Waals surface area contributed by atoms with Crippen LogP contribution in [-0.2, 0) is 9.53 Å². The number of nitrogens with zero attached hydrogens (tertiary/aromatic N) is 1. The summed E-state index contributed by atoms with van der Waals surface area (Å²) in [5.41, 5.74) is -0.0610. The molecule has 0 heterocycles. The highest BCUT2D eigenvalue weighted by molar-refractivity contribution is 9.11. The van der Waals surface area contributed by atoms with Crippen molar-refractivity contribution >= 4 is 43.5 Å². The Labute approximate surface area is 120 Å². The van der Waals surface area contributed by atoms with Crippen LogP contribution in [0.5, 0.6) is 5.75 Å². The summed E-state index contributed by atoms with van der Waals surface area (Å²) in [5, 5.41) is 10.6. The van der Waals surface area contributed by atoms with Crippen LogP contribution < -0.4 is 4.74 Å². The van der Waals surface area contributed by atoms with Gasteiger partial charge in [0.1, 0.15) is 5.75 Å². The van der Waals surface area contributed by atoms with E-state index < -0.39 is 4.92 Å². The summed E-state index contributed by atoms with van der Waals surface area (Å²) in [4.78, 5) is 21.0. The van der Waals surface area contributed by atoms with Gasteiger partial charge < -0.3 is 9.47 Å². The maximum Gasteiger partial charge on any atom is 0.308 e. The van der Waals surface area contributed by atoms with Crippen molar-refractivity contribution in [3.05, 3.63) is 31.2 Å². The first-order valence-corrected chi connectivity index (χ1v) is 6.37. The normalized spacial score (nSPS) is 9.94. The average molecular weight is 383 g/mol. The van der Waals surface area contributed by atoms with E-state index in [0.717, 1.165) is 0 Å². The summed E-state index contributed by atoms with van der Waals surface area (Å²) in [6.07, 6.45) is 0.104. The number of benzene rings is 1. The highest BCUT2D eigenvalue weighted by Gasteiger charge is 2.15. The number of non-ortho nitro benzene ring substituents is 1. The fourth-order valence-electron chi connectivity index (χ4n) is 1.13. The van der Waals surface area contributed by atoms with Crippen LogP contribution in [0, 0.1) is 10.1 Å². The Morgan fingerprint density at radius 3 is 2.39 bits per heavy atom. The van der Waals surface area contributed by atoms with Gasteiger partial charge in [-0.25, -0.2) is 0 Å². The summed E-state index contributed by atoms with van der Waals surface area (Å²) in [5.74, 6) is 0.0219. The minimum absolute atomic E-state index is 0.0610.